The molecule has 2 aromatic heterocycles. The van der Waals surface area contributed by atoms with Crippen molar-refractivity contribution in [3.05, 3.63) is 81.0 Å². The van der Waals surface area contributed by atoms with Crippen LogP contribution in [0.3, 0.4) is 0 Å². The number of hydrogen-bond acceptors (Lipinski definition) is 9. The molecule has 15 heteroatoms. The molecule has 2 aromatic carbocycles. The Kier molecular flexibility index (Phi) is 12.7. The molecular formula is C45H56ClN9O5. The number of carbonyl (C=O) groups excluding carboxylic acids is 4. The number of imidazole rings is 1. The number of rotatable bonds is 17. The fraction of sp³-hybridized carbons (Fsp3) is 0.533. The zero-order chi connectivity index (χ0) is 41.9. The Hall–Kier alpha value is -5.08. The molecule has 4 aromatic rings. The number of nitrogens with one attached hydrogen (secondary N) is 3. The minimum Gasteiger partial charge on any atom is -0.349 e. The van der Waals surface area contributed by atoms with E-state index in [-0.39, 0.29) is 53.8 Å². The Labute approximate surface area is 355 Å². The minimum absolute atomic E-state index is 0.0213. The largest absolute Gasteiger partial charge is 0.349 e. The van der Waals surface area contributed by atoms with Crippen LogP contribution in [0, 0.1) is 0 Å². The van der Waals surface area contributed by atoms with E-state index in [0.717, 1.165) is 85.0 Å². The zero-order valence-corrected chi connectivity index (χ0v) is 35.4. The molecule has 0 radical (unpaired) electrons. The second-order valence-electron chi connectivity index (χ2n) is 17.1. The number of piperazine rings is 1. The highest BCUT2D eigenvalue weighted by atomic mass is 35.5. The smallest absolute Gasteiger partial charge is 0.329 e. The van der Waals surface area contributed by atoms with Crippen molar-refractivity contribution < 1.29 is 19.2 Å². The summed E-state index contributed by atoms with van der Waals surface area (Å²) in [6, 6.07) is 13.2. The molecule has 2 saturated heterocycles. The molecule has 3 fully saturated rings. The second-order valence-corrected chi connectivity index (χ2v) is 17.5. The monoisotopic (exact) mass is 837 g/mol. The van der Waals surface area contributed by atoms with Gasteiger partial charge in [0.15, 0.2) is 0 Å². The summed E-state index contributed by atoms with van der Waals surface area (Å²) in [5.74, 6) is 0.624. The molecule has 5 atom stereocenters. The molecule has 3 N–H and O–H groups in total. The highest BCUT2D eigenvalue weighted by Crippen LogP contribution is 2.44. The van der Waals surface area contributed by atoms with Gasteiger partial charge in [-0.3, -0.25) is 33.6 Å². The van der Waals surface area contributed by atoms with Crippen molar-refractivity contribution in [2.45, 2.75) is 120 Å². The van der Waals surface area contributed by atoms with Gasteiger partial charge in [-0.05, 0) is 73.9 Å². The molecule has 4 amide bonds. The molecule has 14 nitrogen and oxygen atoms in total. The standard InChI is InChI=1S/C45H56ClN9O5/c1-28-24-38(57)50-41-39(28)42(49-27-48-41)53-22-23-54(36-25-35(36)53)44(59)32(29-15-17-31(46)18-16-29)26-47-21-10-8-6-4-3-5-7-9-12-30-13-11-14-33-40(30)52(2)45(60)55(33)34-19-20-37(56)51-43(34)58/h11,13-18,27-28,32,34-36,47H,3-10,12,19-26H2,1-2H3,(H,51,56,58)(H,48,49,50,57)/t28-,32-,34?,35+,36-/m1/s1. The Morgan fingerprint density at radius 1 is 0.900 bits per heavy atom. The zero-order valence-electron chi connectivity index (χ0n) is 34.6. The molecule has 5 heterocycles. The summed E-state index contributed by atoms with van der Waals surface area (Å²) in [7, 11) is 1.76. The number of piperidine rings is 1. The number of hydrogen-bond donors (Lipinski definition) is 3. The number of aromatic nitrogens is 4. The van der Waals surface area contributed by atoms with Crippen LogP contribution < -0.4 is 26.5 Å². The molecule has 60 heavy (non-hydrogen) atoms. The lowest BCUT2D eigenvalue weighted by molar-refractivity contribution is -0.136. The Morgan fingerprint density at radius 3 is 2.42 bits per heavy atom. The van der Waals surface area contributed by atoms with Crippen molar-refractivity contribution in [2.75, 3.05) is 36.4 Å². The van der Waals surface area contributed by atoms with Crippen molar-refractivity contribution in [3.8, 4) is 0 Å². The molecule has 8 rings (SSSR count). The van der Waals surface area contributed by atoms with Crippen LogP contribution in [0.2, 0.25) is 5.02 Å². The van der Waals surface area contributed by atoms with Gasteiger partial charge in [0.25, 0.3) is 0 Å². The van der Waals surface area contributed by atoms with Crippen LogP contribution in [-0.2, 0) is 32.6 Å². The average Bonchev–Trinajstić information content (AvgIpc) is 4.00. The van der Waals surface area contributed by atoms with Gasteiger partial charge in [0.2, 0.25) is 23.6 Å². The molecule has 1 aliphatic carbocycles. The molecule has 318 valence electrons. The van der Waals surface area contributed by atoms with Gasteiger partial charge in [0, 0.05) is 50.1 Å². The summed E-state index contributed by atoms with van der Waals surface area (Å²) in [6.07, 6.45) is 13.3. The number of halogens is 1. The fourth-order valence-electron chi connectivity index (χ4n) is 9.72. The summed E-state index contributed by atoms with van der Waals surface area (Å²) in [4.78, 5) is 77.4. The topological polar surface area (TPSA) is 164 Å². The maximum absolute atomic E-state index is 14.3. The van der Waals surface area contributed by atoms with Crippen LogP contribution in [0.1, 0.15) is 119 Å². The number of anilines is 2. The highest BCUT2D eigenvalue weighted by Gasteiger charge is 2.52. The van der Waals surface area contributed by atoms with E-state index in [1.807, 2.05) is 43.3 Å². The van der Waals surface area contributed by atoms with Crippen molar-refractivity contribution in [1.82, 2.24) is 34.6 Å². The summed E-state index contributed by atoms with van der Waals surface area (Å²) < 4.78 is 3.19. The van der Waals surface area contributed by atoms with Crippen LogP contribution >= 0.6 is 11.6 Å². The first-order valence-electron chi connectivity index (χ1n) is 21.8. The van der Waals surface area contributed by atoms with Gasteiger partial charge in [0.1, 0.15) is 24.0 Å². The number of benzene rings is 2. The number of amides is 4. The Bertz CT molecular complexity index is 2310. The van der Waals surface area contributed by atoms with E-state index >= 15 is 0 Å². The van der Waals surface area contributed by atoms with Crippen molar-refractivity contribution in [3.63, 3.8) is 0 Å². The van der Waals surface area contributed by atoms with E-state index in [9.17, 15) is 24.0 Å². The number of carbonyl (C=O) groups is 4. The third-order valence-corrected chi connectivity index (χ3v) is 13.2. The number of unbranched alkanes of at least 4 members (excludes halogenated alkanes) is 7. The first-order chi connectivity index (χ1) is 29.1. The van der Waals surface area contributed by atoms with Gasteiger partial charge in [-0.15, -0.1) is 0 Å². The normalized spacial score (nSPS) is 21.7. The number of nitrogens with zero attached hydrogens (tertiary/aromatic N) is 6. The average molecular weight is 838 g/mol. The van der Waals surface area contributed by atoms with Crippen molar-refractivity contribution >= 4 is 57.9 Å². The van der Waals surface area contributed by atoms with E-state index in [2.05, 4.69) is 41.8 Å². The molecule has 4 aliphatic rings. The fourth-order valence-corrected chi connectivity index (χ4v) is 9.85. The van der Waals surface area contributed by atoms with Gasteiger partial charge in [-0.1, -0.05) is 81.3 Å². The Morgan fingerprint density at radius 2 is 1.65 bits per heavy atom. The number of fused-ring (bicyclic) bond motifs is 3. The minimum atomic E-state index is -0.676. The second kappa shape index (κ2) is 18.3. The maximum Gasteiger partial charge on any atom is 0.329 e. The summed E-state index contributed by atoms with van der Waals surface area (Å²) in [5, 5.41) is 9.55. The molecule has 1 saturated carbocycles. The predicted molar refractivity (Wildman–Crippen MR) is 231 cm³/mol. The first kappa shape index (κ1) is 41.6. The van der Waals surface area contributed by atoms with Crippen molar-refractivity contribution in [2.24, 2.45) is 7.05 Å². The predicted octanol–water partition coefficient (Wildman–Crippen LogP) is 5.73. The first-order valence-corrected chi connectivity index (χ1v) is 22.2. The van der Waals surface area contributed by atoms with Gasteiger partial charge < -0.3 is 20.4 Å². The summed E-state index contributed by atoms with van der Waals surface area (Å²) in [6.45, 7) is 4.76. The van der Waals surface area contributed by atoms with Crippen LogP contribution in [0.15, 0.2) is 53.6 Å². The van der Waals surface area contributed by atoms with E-state index in [0.29, 0.717) is 43.3 Å². The highest BCUT2D eigenvalue weighted by molar-refractivity contribution is 6.30. The lowest BCUT2D eigenvalue weighted by Crippen LogP contribution is -2.51. The van der Waals surface area contributed by atoms with Gasteiger partial charge in [-0.2, -0.15) is 0 Å². The number of para-hydroxylation sites is 1. The molecular weight excluding hydrogens is 782 g/mol. The molecule has 3 aliphatic heterocycles. The van der Waals surface area contributed by atoms with Crippen LogP contribution in [-0.4, -0.2) is 85.9 Å². The van der Waals surface area contributed by atoms with E-state index < -0.39 is 11.9 Å². The van der Waals surface area contributed by atoms with E-state index in [4.69, 9.17) is 11.6 Å². The lowest BCUT2D eigenvalue weighted by Gasteiger charge is -2.38. The molecule has 0 bridgehead atoms. The Balaban J connectivity index is 0.760. The molecule has 0 spiro atoms. The third-order valence-electron chi connectivity index (χ3n) is 12.9. The van der Waals surface area contributed by atoms with Crippen LogP contribution in [0.5, 0.6) is 0 Å². The summed E-state index contributed by atoms with van der Waals surface area (Å²) in [5.41, 5.74) is 4.45. The van der Waals surface area contributed by atoms with Crippen molar-refractivity contribution in [1.29, 1.82) is 0 Å². The van der Waals surface area contributed by atoms with Gasteiger partial charge >= 0.3 is 5.69 Å². The SMILES string of the molecule is C[C@@H]1CC(=O)Nc2ncnc(N3CCN(C(=O)[C@H](CNCCCCCCCCCCc4cccc5c4n(C)c(=O)n5C4CCC(=O)NC4=O)c4ccc(Cl)cc4)[C@@H]4C[C@@H]43)c21. The maximum atomic E-state index is 14.3. The number of aryl methyl sites for hydroxylation is 2. The lowest BCUT2D eigenvalue weighted by atomic mass is 9.94. The van der Waals surface area contributed by atoms with Gasteiger partial charge in [-0.25, -0.2) is 14.8 Å². The third kappa shape index (κ3) is 8.72. The van der Waals surface area contributed by atoms with Gasteiger partial charge in [0.05, 0.1) is 29.0 Å². The quantitative estimate of drug-likeness (QED) is 0.0891. The van der Waals surface area contributed by atoms with E-state index in [1.54, 1.807) is 16.2 Å². The van der Waals surface area contributed by atoms with Crippen LogP contribution in [0.4, 0.5) is 11.6 Å². The summed E-state index contributed by atoms with van der Waals surface area (Å²) >= 11 is 6.25. The molecule has 1 unspecified atom stereocenters. The number of imide groups is 1. The van der Waals surface area contributed by atoms with E-state index in [1.165, 1.54) is 25.6 Å². The van der Waals surface area contributed by atoms with Crippen LogP contribution in [0.25, 0.3) is 11.0 Å².